The van der Waals surface area contributed by atoms with Crippen molar-refractivity contribution in [3.63, 3.8) is 0 Å². The number of anilines is 1. The molecule has 1 aromatic heterocycles. The first-order valence-corrected chi connectivity index (χ1v) is 7.19. The summed E-state index contributed by atoms with van der Waals surface area (Å²) in [5.41, 5.74) is 4.49. The van der Waals surface area contributed by atoms with Crippen molar-refractivity contribution in [2.24, 2.45) is 0 Å². The van der Waals surface area contributed by atoms with Gasteiger partial charge in [-0.25, -0.2) is 9.36 Å². The molecule has 1 fully saturated rings. The minimum absolute atomic E-state index is 0.0391. The Kier molecular flexibility index (Phi) is 4.42. The summed E-state index contributed by atoms with van der Waals surface area (Å²) in [7, 11) is -5.24. The third-order valence-corrected chi connectivity index (χ3v) is 3.33. The van der Waals surface area contributed by atoms with Crippen molar-refractivity contribution in [3.8, 4) is 0 Å². The second-order valence-electron chi connectivity index (χ2n) is 4.34. The molecule has 0 aliphatic carbocycles. The van der Waals surface area contributed by atoms with Gasteiger partial charge in [0, 0.05) is 6.20 Å². The number of nitrogens with two attached hydrogens (primary N) is 1. The van der Waals surface area contributed by atoms with Crippen molar-refractivity contribution in [3.05, 3.63) is 22.7 Å². The van der Waals surface area contributed by atoms with Crippen LogP contribution in [0, 0.1) is 0 Å². The maximum absolute atomic E-state index is 12.4. The predicted octanol–water partition coefficient (Wildman–Crippen LogP) is -1.47. The lowest BCUT2D eigenvalue weighted by atomic mass is 10.1. The molecule has 1 aromatic rings. The third-order valence-electron chi connectivity index (χ3n) is 2.86. The molecule has 1 unspecified atom stereocenters. The van der Waals surface area contributed by atoms with E-state index in [0.29, 0.717) is 0 Å². The van der Waals surface area contributed by atoms with Gasteiger partial charge in [-0.1, -0.05) is 0 Å². The van der Waals surface area contributed by atoms with Crippen LogP contribution in [0.2, 0.25) is 0 Å². The van der Waals surface area contributed by atoms with Crippen LogP contribution in [0.3, 0.4) is 0 Å². The number of aliphatic hydroxyl groups is 2. The molecule has 0 aromatic carbocycles. The smallest absolute Gasteiger partial charge is 0.387 e. The highest BCUT2D eigenvalue weighted by Crippen LogP contribution is 2.44. The van der Waals surface area contributed by atoms with E-state index in [1.807, 2.05) is 0 Å². The molecule has 5 atom stereocenters. The summed E-state index contributed by atoms with van der Waals surface area (Å²) >= 11 is 0. The van der Waals surface area contributed by atoms with E-state index in [2.05, 4.69) is 9.51 Å². The van der Waals surface area contributed by atoms with Crippen LogP contribution >= 0.6 is 7.91 Å². The van der Waals surface area contributed by atoms with Gasteiger partial charge in [0.15, 0.2) is 6.23 Å². The molecule has 2 heterocycles. The Balaban J connectivity index is 2.16. The Labute approximate surface area is 117 Å². The van der Waals surface area contributed by atoms with Gasteiger partial charge < -0.3 is 20.7 Å². The van der Waals surface area contributed by atoms with Gasteiger partial charge in [-0.3, -0.25) is 14.0 Å². The number of hydrogen-bond acceptors (Lipinski definition) is 8. The average Bonchev–Trinajstić information content (AvgIpc) is 2.64. The van der Waals surface area contributed by atoms with E-state index in [0.717, 1.165) is 4.57 Å². The summed E-state index contributed by atoms with van der Waals surface area (Å²) in [5, 5.41) is 19.6. The van der Waals surface area contributed by atoms with Crippen LogP contribution in [-0.2, 0) is 13.8 Å². The third kappa shape index (κ3) is 3.64. The zero-order valence-electron chi connectivity index (χ0n) is 10.4. The fraction of sp³-hybridized carbons (Fsp3) is 0.556. The molecule has 0 spiro atoms. The van der Waals surface area contributed by atoms with Crippen LogP contribution in [0.5, 0.6) is 0 Å². The standard InChI is InChI=1S/C9H13FN3O7P/c10-21(17,18)19-3-4-6(14)7(15)8(20-4)13-2-1-5(11)12-9(13)16/h1-2,4,6-8,14-15H,3H2,(H,17,18)(H2,11,12,16)/t4-,6-,7-,8-/m1/s1. The topological polar surface area (TPSA) is 157 Å². The summed E-state index contributed by atoms with van der Waals surface area (Å²) in [6, 6.07) is 1.27. The number of aliphatic hydroxyl groups excluding tert-OH is 2. The van der Waals surface area contributed by atoms with Gasteiger partial charge in [0.1, 0.15) is 24.1 Å². The Morgan fingerprint density at radius 1 is 1.52 bits per heavy atom. The number of aromatic nitrogens is 2. The molecule has 1 aliphatic rings. The number of halogens is 1. The van der Waals surface area contributed by atoms with Gasteiger partial charge in [0.25, 0.3) is 0 Å². The molecule has 10 nitrogen and oxygen atoms in total. The van der Waals surface area contributed by atoms with E-state index in [4.69, 9.17) is 15.4 Å². The zero-order valence-corrected chi connectivity index (χ0v) is 11.3. The van der Waals surface area contributed by atoms with Gasteiger partial charge in [-0.2, -0.15) is 4.98 Å². The second-order valence-corrected chi connectivity index (χ2v) is 5.50. The van der Waals surface area contributed by atoms with Gasteiger partial charge in [-0.05, 0) is 6.07 Å². The highest BCUT2D eigenvalue weighted by molar-refractivity contribution is 7.46. The minimum Gasteiger partial charge on any atom is -0.387 e. The zero-order chi connectivity index (χ0) is 15.8. The van der Waals surface area contributed by atoms with E-state index < -0.39 is 44.7 Å². The van der Waals surface area contributed by atoms with Crippen molar-refractivity contribution >= 4 is 13.7 Å². The van der Waals surface area contributed by atoms with E-state index >= 15 is 0 Å². The Bertz CT molecular complexity index is 620. The average molecular weight is 325 g/mol. The van der Waals surface area contributed by atoms with Crippen molar-refractivity contribution in [1.29, 1.82) is 0 Å². The first-order chi connectivity index (χ1) is 9.69. The largest absolute Gasteiger partial charge is 0.510 e. The highest BCUT2D eigenvalue weighted by Gasteiger charge is 2.45. The number of hydrogen-bond donors (Lipinski definition) is 4. The molecule has 118 valence electrons. The van der Waals surface area contributed by atoms with E-state index in [9.17, 15) is 23.8 Å². The molecule has 2 rings (SSSR count). The van der Waals surface area contributed by atoms with Crippen molar-refractivity contribution in [2.45, 2.75) is 24.5 Å². The molecule has 0 bridgehead atoms. The normalized spacial score (nSPS) is 32.0. The van der Waals surface area contributed by atoms with Gasteiger partial charge in [0.05, 0.1) is 6.61 Å². The number of nitrogen functional groups attached to an aromatic ring is 1. The molecule has 1 aliphatic heterocycles. The molecular weight excluding hydrogens is 312 g/mol. The Morgan fingerprint density at radius 3 is 2.76 bits per heavy atom. The first-order valence-electron chi connectivity index (χ1n) is 5.72. The molecule has 0 radical (unpaired) electrons. The summed E-state index contributed by atoms with van der Waals surface area (Å²) in [6.07, 6.45) is -4.51. The Hall–Kier alpha value is -1.36. The van der Waals surface area contributed by atoms with E-state index in [-0.39, 0.29) is 5.82 Å². The lowest BCUT2D eigenvalue weighted by Gasteiger charge is -2.16. The molecule has 1 saturated heterocycles. The maximum Gasteiger partial charge on any atom is 0.510 e. The van der Waals surface area contributed by atoms with Gasteiger partial charge in [0.2, 0.25) is 0 Å². The van der Waals surface area contributed by atoms with Crippen molar-refractivity contribution < 1.29 is 33.1 Å². The molecule has 12 heteroatoms. The predicted molar refractivity (Wildman–Crippen MR) is 65.7 cm³/mol. The van der Waals surface area contributed by atoms with Crippen LogP contribution in [0.4, 0.5) is 10.0 Å². The monoisotopic (exact) mass is 325 g/mol. The Morgan fingerprint density at radius 2 is 2.19 bits per heavy atom. The summed E-state index contributed by atoms with van der Waals surface area (Å²) in [6.45, 7) is -0.782. The fourth-order valence-electron chi connectivity index (χ4n) is 1.88. The van der Waals surface area contributed by atoms with Crippen LogP contribution in [-0.4, -0.2) is 49.6 Å². The molecule has 0 amide bonds. The molecular formula is C9H13FN3O7P. The summed E-state index contributed by atoms with van der Waals surface area (Å²) in [5.74, 6) is -0.0391. The SMILES string of the molecule is Nc1ccn([C@@H]2O[C@H](COP(=O)(O)F)[C@@H](O)[C@H]2O)c(=O)n1. The van der Waals surface area contributed by atoms with Crippen molar-refractivity contribution in [1.82, 2.24) is 9.55 Å². The summed E-state index contributed by atoms with van der Waals surface area (Å²) < 4.78 is 32.8. The number of ether oxygens (including phenoxy) is 1. The van der Waals surface area contributed by atoms with E-state index in [1.54, 1.807) is 0 Å². The number of nitrogens with zero attached hydrogens (tertiary/aromatic N) is 2. The van der Waals surface area contributed by atoms with Crippen LogP contribution in [0.1, 0.15) is 6.23 Å². The quantitative estimate of drug-likeness (QED) is 0.485. The lowest BCUT2D eigenvalue weighted by Crippen LogP contribution is -2.36. The first kappa shape index (κ1) is 16.0. The fourth-order valence-corrected chi connectivity index (χ4v) is 2.21. The van der Waals surface area contributed by atoms with E-state index in [1.165, 1.54) is 12.3 Å². The molecule has 0 saturated carbocycles. The van der Waals surface area contributed by atoms with Gasteiger partial charge in [-0.15, -0.1) is 4.20 Å². The highest BCUT2D eigenvalue weighted by atomic mass is 31.2. The lowest BCUT2D eigenvalue weighted by molar-refractivity contribution is -0.0534. The minimum atomic E-state index is -5.24. The van der Waals surface area contributed by atoms with Crippen molar-refractivity contribution in [2.75, 3.05) is 12.3 Å². The van der Waals surface area contributed by atoms with Gasteiger partial charge >= 0.3 is 13.6 Å². The number of rotatable bonds is 4. The summed E-state index contributed by atoms with van der Waals surface area (Å²) in [4.78, 5) is 23.4. The molecule has 21 heavy (non-hydrogen) atoms. The maximum atomic E-state index is 12.4. The second kappa shape index (κ2) is 5.79. The van der Waals surface area contributed by atoms with Crippen LogP contribution in [0.25, 0.3) is 0 Å². The molecule has 5 N–H and O–H groups in total. The van der Waals surface area contributed by atoms with Crippen LogP contribution < -0.4 is 11.4 Å². The van der Waals surface area contributed by atoms with Crippen LogP contribution in [0.15, 0.2) is 17.1 Å².